The number of carbonyl (C=O) groups is 1. The van der Waals surface area contributed by atoms with Gasteiger partial charge in [-0.2, -0.15) is 10.1 Å². The summed E-state index contributed by atoms with van der Waals surface area (Å²) < 4.78 is 6.92. The molecule has 0 aliphatic carbocycles. The molecule has 0 fully saturated rings. The maximum atomic E-state index is 13.4. The Morgan fingerprint density at radius 2 is 2.03 bits per heavy atom. The fraction of sp³-hybridized carbons (Fsp3) is 0.227. The van der Waals surface area contributed by atoms with Crippen molar-refractivity contribution < 1.29 is 14.6 Å². The monoisotopic (exact) mass is 405 g/mol. The molecular formula is C22H23N5O3. The number of aryl methyl sites for hydroxylation is 1. The minimum absolute atomic E-state index is 0.0242. The largest absolute Gasteiger partial charge is 0.504 e. The highest BCUT2D eigenvalue weighted by atomic mass is 16.5. The van der Waals surface area contributed by atoms with E-state index in [2.05, 4.69) is 20.7 Å². The lowest BCUT2D eigenvalue weighted by Crippen LogP contribution is -2.31. The van der Waals surface area contributed by atoms with Gasteiger partial charge in [-0.15, -0.1) is 0 Å². The van der Waals surface area contributed by atoms with Gasteiger partial charge in [0, 0.05) is 11.4 Å². The molecule has 4 rings (SSSR count). The number of aromatic hydroxyl groups is 1. The van der Waals surface area contributed by atoms with Crippen molar-refractivity contribution in [3.8, 4) is 11.5 Å². The van der Waals surface area contributed by atoms with Gasteiger partial charge in [-0.25, -0.2) is 4.68 Å². The summed E-state index contributed by atoms with van der Waals surface area (Å²) >= 11 is 0. The number of carbonyl (C=O) groups excluding carboxylic acids is 1. The highest BCUT2D eigenvalue weighted by molar-refractivity contribution is 6.06. The molecule has 2 heterocycles. The molecule has 0 saturated heterocycles. The Bertz CT molecular complexity index is 1170. The number of phenolic OH excluding ortho intramolecular Hbond substituents is 1. The lowest BCUT2D eigenvalue weighted by molar-refractivity contribution is -0.113. The molecule has 0 radical (unpaired) electrons. The maximum absolute atomic E-state index is 13.4. The molecule has 1 aromatic heterocycles. The van der Waals surface area contributed by atoms with E-state index < -0.39 is 6.04 Å². The van der Waals surface area contributed by atoms with E-state index in [1.54, 1.807) is 22.9 Å². The molecule has 0 bridgehead atoms. The number of allylic oxidation sites excluding steroid dienone is 1. The van der Waals surface area contributed by atoms with E-state index in [0.29, 0.717) is 23.0 Å². The third-order valence-electron chi connectivity index (χ3n) is 5.41. The Balaban J connectivity index is 1.80. The van der Waals surface area contributed by atoms with Crippen molar-refractivity contribution in [2.24, 2.45) is 0 Å². The number of benzene rings is 2. The normalized spacial score (nSPS) is 15.4. The molecule has 3 N–H and O–H groups in total. The van der Waals surface area contributed by atoms with Crippen LogP contribution < -0.4 is 15.4 Å². The van der Waals surface area contributed by atoms with Gasteiger partial charge in [-0.1, -0.05) is 18.2 Å². The number of ether oxygens (including phenoxy) is 1. The fourth-order valence-corrected chi connectivity index (χ4v) is 3.63. The average molecular weight is 405 g/mol. The standard InChI is InChI=1S/C22H23N5O3/c1-12-6-5-7-16(13(12)2)26-21(29)19-14(3)25-22-23-11-24-27(22)20(19)15-8-9-17(28)18(10-15)30-4/h5-11,20,28H,1-4H3,(H,26,29)(H,23,24,25). The number of nitrogens with one attached hydrogen (secondary N) is 2. The van der Waals surface area contributed by atoms with Crippen molar-refractivity contribution in [2.75, 3.05) is 17.7 Å². The number of hydrogen-bond acceptors (Lipinski definition) is 6. The van der Waals surface area contributed by atoms with Gasteiger partial charge in [0.1, 0.15) is 12.4 Å². The van der Waals surface area contributed by atoms with Gasteiger partial charge in [-0.3, -0.25) is 4.79 Å². The van der Waals surface area contributed by atoms with Crippen molar-refractivity contribution in [1.29, 1.82) is 0 Å². The zero-order valence-corrected chi connectivity index (χ0v) is 17.2. The summed E-state index contributed by atoms with van der Waals surface area (Å²) in [5.41, 5.74) is 4.78. The molecule has 30 heavy (non-hydrogen) atoms. The van der Waals surface area contributed by atoms with Crippen LogP contribution in [0.2, 0.25) is 0 Å². The van der Waals surface area contributed by atoms with Crippen molar-refractivity contribution in [3.05, 3.63) is 70.7 Å². The topological polar surface area (TPSA) is 101 Å². The highest BCUT2D eigenvalue weighted by Crippen LogP contribution is 2.38. The van der Waals surface area contributed by atoms with E-state index in [9.17, 15) is 9.90 Å². The molecule has 1 atom stereocenters. The number of amides is 1. The Morgan fingerprint density at radius 3 is 2.80 bits per heavy atom. The summed E-state index contributed by atoms with van der Waals surface area (Å²) in [6, 6.07) is 10.3. The lowest BCUT2D eigenvalue weighted by atomic mass is 9.94. The molecular weight excluding hydrogens is 382 g/mol. The van der Waals surface area contributed by atoms with E-state index in [1.165, 1.54) is 13.4 Å². The molecule has 0 saturated carbocycles. The van der Waals surface area contributed by atoms with Crippen LogP contribution in [0.5, 0.6) is 11.5 Å². The van der Waals surface area contributed by atoms with Crippen molar-refractivity contribution in [3.63, 3.8) is 0 Å². The predicted molar refractivity (Wildman–Crippen MR) is 114 cm³/mol. The molecule has 1 aliphatic heterocycles. The molecule has 0 spiro atoms. The van der Waals surface area contributed by atoms with Crippen molar-refractivity contribution in [2.45, 2.75) is 26.8 Å². The van der Waals surface area contributed by atoms with Gasteiger partial charge < -0.3 is 20.5 Å². The van der Waals surface area contributed by atoms with Crippen molar-refractivity contribution in [1.82, 2.24) is 14.8 Å². The van der Waals surface area contributed by atoms with Crippen LogP contribution in [0.1, 0.15) is 29.7 Å². The number of aromatic nitrogens is 3. The summed E-state index contributed by atoms with van der Waals surface area (Å²) in [5.74, 6) is 0.635. The Morgan fingerprint density at radius 1 is 1.23 bits per heavy atom. The van der Waals surface area contributed by atoms with E-state index >= 15 is 0 Å². The number of methoxy groups -OCH3 is 1. The summed E-state index contributed by atoms with van der Waals surface area (Å²) in [6.07, 6.45) is 1.44. The molecule has 1 unspecified atom stereocenters. The molecule has 1 aliphatic rings. The third kappa shape index (κ3) is 3.26. The molecule has 2 aromatic carbocycles. The smallest absolute Gasteiger partial charge is 0.255 e. The summed E-state index contributed by atoms with van der Waals surface area (Å²) in [7, 11) is 1.48. The lowest BCUT2D eigenvalue weighted by Gasteiger charge is -2.29. The second-order valence-corrected chi connectivity index (χ2v) is 7.23. The number of hydrogen-bond donors (Lipinski definition) is 3. The summed E-state index contributed by atoms with van der Waals surface area (Å²) in [5, 5.41) is 20.5. The molecule has 3 aromatic rings. The summed E-state index contributed by atoms with van der Waals surface area (Å²) in [4.78, 5) is 17.7. The minimum atomic E-state index is -0.539. The first kappa shape index (κ1) is 19.5. The molecule has 154 valence electrons. The van der Waals surface area contributed by atoms with Gasteiger partial charge in [0.05, 0.1) is 12.7 Å². The average Bonchev–Trinajstić information content (AvgIpc) is 3.18. The minimum Gasteiger partial charge on any atom is -0.504 e. The number of anilines is 2. The SMILES string of the molecule is COc1cc(C2C(C(=O)Nc3cccc(C)c3C)=C(C)Nc3ncnn32)ccc1O. The molecule has 8 heteroatoms. The highest BCUT2D eigenvalue weighted by Gasteiger charge is 2.34. The molecule has 1 amide bonds. The number of fused-ring (bicyclic) bond motifs is 1. The van der Waals surface area contributed by atoms with Crippen LogP contribution >= 0.6 is 0 Å². The van der Waals surface area contributed by atoms with Crippen LogP contribution in [0.3, 0.4) is 0 Å². The van der Waals surface area contributed by atoms with Crippen LogP contribution in [-0.2, 0) is 4.79 Å². The van der Waals surface area contributed by atoms with Crippen LogP contribution in [-0.4, -0.2) is 32.9 Å². The third-order valence-corrected chi connectivity index (χ3v) is 5.41. The van der Waals surface area contributed by atoms with E-state index in [4.69, 9.17) is 4.74 Å². The zero-order valence-electron chi connectivity index (χ0n) is 17.2. The molecule has 8 nitrogen and oxygen atoms in total. The van der Waals surface area contributed by atoms with Crippen LogP contribution in [0.4, 0.5) is 11.6 Å². The Labute approximate surface area is 174 Å². The van der Waals surface area contributed by atoms with Gasteiger partial charge in [-0.05, 0) is 55.7 Å². The number of rotatable bonds is 4. The van der Waals surface area contributed by atoms with Crippen LogP contribution in [0.25, 0.3) is 0 Å². The summed E-state index contributed by atoms with van der Waals surface area (Å²) in [6.45, 7) is 5.81. The first-order valence-corrected chi connectivity index (χ1v) is 9.52. The zero-order chi connectivity index (χ0) is 21.4. The van der Waals surface area contributed by atoms with E-state index in [0.717, 1.165) is 22.4 Å². The maximum Gasteiger partial charge on any atom is 0.255 e. The Hall–Kier alpha value is -3.81. The van der Waals surface area contributed by atoms with E-state index in [-0.39, 0.29) is 11.7 Å². The van der Waals surface area contributed by atoms with Crippen LogP contribution in [0, 0.1) is 13.8 Å². The fourth-order valence-electron chi connectivity index (χ4n) is 3.63. The number of phenols is 1. The quantitative estimate of drug-likeness (QED) is 0.614. The predicted octanol–water partition coefficient (Wildman–Crippen LogP) is 3.54. The second kappa shape index (κ2) is 7.55. The van der Waals surface area contributed by atoms with Gasteiger partial charge >= 0.3 is 0 Å². The first-order chi connectivity index (χ1) is 14.4. The van der Waals surface area contributed by atoms with E-state index in [1.807, 2.05) is 39.0 Å². The number of nitrogens with zero attached hydrogens (tertiary/aromatic N) is 3. The van der Waals surface area contributed by atoms with Crippen LogP contribution in [0.15, 0.2) is 54.0 Å². The first-order valence-electron chi connectivity index (χ1n) is 9.52. The second-order valence-electron chi connectivity index (χ2n) is 7.23. The van der Waals surface area contributed by atoms with Crippen molar-refractivity contribution >= 4 is 17.5 Å². The van der Waals surface area contributed by atoms with Gasteiger partial charge in [0.2, 0.25) is 5.95 Å². The Kier molecular flexibility index (Phi) is 4.91. The van der Waals surface area contributed by atoms with Gasteiger partial charge in [0.15, 0.2) is 11.5 Å². The van der Waals surface area contributed by atoms with Gasteiger partial charge in [0.25, 0.3) is 5.91 Å².